The molecule has 3 fully saturated rings. The van der Waals surface area contributed by atoms with Crippen molar-refractivity contribution >= 4 is 5.91 Å². The molecule has 4 aliphatic heterocycles. The SMILES string of the molecule is O=C1C=CC[C@@H]2[C@@H]3CCC[NH+]4CCC[C@@H](CN12)[C@@H]34. The number of rotatable bonds is 0. The fourth-order valence-corrected chi connectivity index (χ4v) is 5.17. The van der Waals surface area contributed by atoms with Gasteiger partial charge in [0.15, 0.2) is 0 Å². The fraction of sp³-hybridized carbons (Fsp3) is 0.800. The van der Waals surface area contributed by atoms with Crippen LogP contribution in [0.3, 0.4) is 0 Å². The van der Waals surface area contributed by atoms with Crippen molar-refractivity contribution in [3.63, 3.8) is 0 Å². The number of carbonyl (C=O) groups excluding carboxylic acids is 1. The Morgan fingerprint density at radius 2 is 2.06 bits per heavy atom. The lowest BCUT2D eigenvalue weighted by atomic mass is 9.68. The van der Waals surface area contributed by atoms with E-state index in [1.54, 1.807) is 6.08 Å². The Hall–Kier alpha value is -0.830. The van der Waals surface area contributed by atoms with Crippen LogP contribution in [0.25, 0.3) is 0 Å². The van der Waals surface area contributed by atoms with E-state index < -0.39 is 0 Å². The zero-order valence-electron chi connectivity index (χ0n) is 11.0. The van der Waals surface area contributed by atoms with Gasteiger partial charge in [-0.1, -0.05) is 6.08 Å². The topological polar surface area (TPSA) is 24.8 Å². The smallest absolute Gasteiger partial charge is 0.246 e. The van der Waals surface area contributed by atoms with E-state index in [9.17, 15) is 4.79 Å². The lowest BCUT2D eigenvalue weighted by Gasteiger charge is -2.55. The molecule has 0 aliphatic carbocycles. The van der Waals surface area contributed by atoms with Crippen molar-refractivity contribution in [3.05, 3.63) is 12.2 Å². The molecule has 4 rings (SSSR count). The van der Waals surface area contributed by atoms with Gasteiger partial charge < -0.3 is 9.80 Å². The number of nitrogens with zero attached hydrogens (tertiary/aromatic N) is 1. The summed E-state index contributed by atoms with van der Waals surface area (Å²) < 4.78 is 0. The molecule has 3 heteroatoms. The predicted molar refractivity (Wildman–Crippen MR) is 69.2 cm³/mol. The first-order chi connectivity index (χ1) is 8.84. The summed E-state index contributed by atoms with van der Waals surface area (Å²) >= 11 is 0. The van der Waals surface area contributed by atoms with Crippen molar-refractivity contribution in [1.29, 1.82) is 0 Å². The highest BCUT2D eigenvalue weighted by Crippen LogP contribution is 2.37. The minimum absolute atomic E-state index is 0.280. The average molecular weight is 247 g/mol. The molecule has 5 atom stereocenters. The maximum Gasteiger partial charge on any atom is 0.246 e. The molecular weight excluding hydrogens is 224 g/mol. The van der Waals surface area contributed by atoms with Crippen molar-refractivity contribution in [2.45, 2.75) is 44.2 Å². The number of piperidine rings is 3. The monoisotopic (exact) mass is 247 g/mol. The third kappa shape index (κ3) is 1.49. The molecule has 0 spiro atoms. The standard InChI is InChI=1S/C15H22N2O/c18-14-7-1-6-13-12-5-3-9-16-8-2-4-11(15(12)16)10-17(13)14/h1,7,11-13,15H,2-6,8-10H2/p+1/t11-,12-,13+,15-/m0/s1. The second kappa shape index (κ2) is 4.09. The zero-order chi connectivity index (χ0) is 12.1. The van der Waals surface area contributed by atoms with E-state index in [2.05, 4.69) is 11.0 Å². The van der Waals surface area contributed by atoms with Crippen LogP contribution >= 0.6 is 0 Å². The molecule has 0 bridgehead atoms. The van der Waals surface area contributed by atoms with E-state index >= 15 is 0 Å². The van der Waals surface area contributed by atoms with Crippen LogP contribution in [-0.4, -0.2) is 42.5 Å². The van der Waals surface area contributed by atoms with Gasteiger partial charge in [0.2, 0.25) is 5.91 Å². The summed E-state index contributed by atoms with van der Waals surface area (Å²) in [4.78, 5) is 16.2. The van der Waals surface area contributed by atoms with Gasteiger partial charge in [0.05, 0.1) is 19.1 Å². The minimum atomic E-state index is 0.280. The van der Waals surface area contributed by atoms with Crippen LogP contribution in [0.2, 0.25) is 0 Å². The molecule has 0 aromatic rings. The number of amides is 1. The van der Waals surface area contributed by atoms with Crippen LogP contribution < -0.4 is 4.90 Å². The van der Waals surface area contributed by atoms with E-state index in [0.29, 0.717) is 6.04 Å². The average Bonchev–Trinajstić information content (AvgIpc) is 2.41. The van der Waals surface area contributed by atoms with Gasteiger partial charge in [-0.3, -0.25) is 4.79 Å². The van der Waals surface area contributed by atoms with E-state index in [1.165, 1.54) is 38.8 Å². The van der Waals surface area contributed by atoms with Gasteiger partial charge in [-0.15, -0.1) is 0 Å². The zero-order valence-corrected chi connectivity index (χ0v) is 11.0. The first kappa shape index (κ1) is 11.0. The maximum atomic E-state index is 12.1. The number of hydrogen-bond acceptors (Lipinski definition) is 1. The summed E-state index contributed by atoms with van der Waals surface area (Å²) in [6.07, 6.45) is 10.5. The van der Waals surface area contributed by atoms with Crippen LogP contribution in [0.1, 0.15) is 32.1 Å². The van der Waals surface area contributed by atoms with Gasteiger partial charge in [-0.25, -0.2) is 0 Å². The van der Waals surface area contributed by atoms with E-state index in [-0.39, 0.29) is 5.91 Å². The summed E-state index contributed by atoms with van der Waals surface area (Å²) in [7, 11) is 0. The number of quaternary nitrogens is 1. The van der Waals surface area contributed by atoms with Crippen LogP contribution in [0.5, 0.6) is 0 Å². The van der Waals surface area contributed by atoms with Crippen molar-refractivity contribution in [2.75, 3.05) is 19.6 Å². The Labute approximate surface area is 109 Å². The third-order valence-electron chi connectivity index (χ3n) is 5.80. The van der Waals surface area contributed by atoms with Gasteiger partial charge in [-0.2, -0.15) is 0 Å². The molecular formula is C15H23N2O+. The molecule has 3 nitrogen and oxygen atoms in total. The molecule has 0 aromatic carbocycles. The molecule has 98 valence electrons. The van der Waals surface area contributed by atoms with Crippen molar-refractivity contribution < 1.29 is 9.69 Å². The van der Waals surface area contributed by atoms with Crippen molar-refractivity contribution in [1.82, 2.24) is 4.90 Å². The van der Waals surface area contributed by atoms with E-state index in [1.807, 2.05) is 4.90 Å². The minimum Gasteiger partial charge on any atom is -0.335 e. The molecule has 3 saturated heterocycles. The largest absolute Gasteiger partial charge is 0.335 e. The van der Waals surface area contributed by atoms with Crippen LogP contribution in [0, 0.1) is 11.8 Å². The highest BCUT2D eigenvalue weighted by atomic mass is 16.2. The predicted octanol–water partition coefficient (Wildman–Crippen LogP) is 0.231. The summed E-state index contributed by atoms with van der Waals surface area (Å²) in [5.74, 6) is 1.84. The van der Waals surface area contributed by atoms with E-state index in [4.69, 9.17) is 0 Å². The number of hydrogen-bond donors (Lipinski definition) is 1. The van der Waals surface area contributed by atoms with Gasteiger partial charge >= 0.3 is 0 Å². The third-order valence-corrected chi connectivity index (χ3v) is 5.80. The lowest BCUT2D eigenvalue weighted by Crippen LogP contribution is -3.20. The Balaban J connectivity index is 1.68. The van der Waals surface area contributed by atoms with Crippen molar-refractivity contribution in [2.24, 2.45) is 11.8 Å². The lowest BCUT2D eigenvalue weighted by molar-refractivity contribution is -0.945. The van der Waals surface area contributed by atoms with Crippen LogP contribution in [-0.2, 0) is 4.79 Å². The highest BCUT2D eigenvalue weighted by molar-refractivity contribution is 5.88. The van der Waals surface area contributed by atoms with Crippen LogP contribution in [0.15, 0.2) is 12.2 Å². The quantitative estimate of drug-likeness (QED) is 0.651. The Morgan fingerprint density at radius 1 is 1.22 bits per heavy atom. The van der Waals surface area contributed by atoms with Gasteiger partial charge in [0, 0.05) is 24.4 Å². The van der Waals surface area contributed by atoms with Crippen LogP contribution in [0.4, 0.5) is 0 Å². The second-order valence-corrected chi connectivity index (χ2v) is 6.59. The molecule has 18 heavy (non-hydrogen) atoms. The molecule has 4 heterocycles. The Kier molecular flexibility index (Phi) is 2.51. The Bertz CT molecular complexity index is 390. The summed E-state index contributed by atoms with van der Waals surface area (Å²) in [5.41, 5.74) is 0. The normalized spacial score (nSPS) is 46.6. The maximum absolute atomic E-state index is 12.1. The van der Waals surface area contributed by atoms with Gasteiger partial charge in [0.1, 0.15) is 0 Å². The molecule has 0 aromatic heterocycles. The van der Waals surface area contributed by atoms with Gasteiger partial charge in [0.25, 0.3) is 0 Å². The fourth-order valence-electron chi connectivity index (χ4n) is 5.17. The highest BCUT2D eigenvalue weighted by Gasteiger charge is 2.52. The molecule has 1 N–H and O–H groups in total. The second-order valence-electron chi connectivity index (χ2n) is 6.59. The molecule has 4 aliphatic rings. The van der Waals surface area contributed by atoms with Gasteiger partial charge in [-0.05, 0) is 38.2 Å². The first-order valence-electron chi connectivity index (χ1n) is 7.66. The molecule has 1 unspecified atom stereocenters. The summed E-state index contributed by atoms with van der Waals surface area (Å²) in [6, 6.07) is 1.39. The summed E-state index contributed by atoms with van der Waals surface area (Å²) in [5, 5.41) is 0. The van der Waals surface area contributed by atoms with Crippen molar-refractivity contribution in [3.8, 4) is 0 Å². The molecule has 1 amide bonds. The number of fused-ring (bicyclic) bond motifs is 2. The summed E-state index contributed by atoms with van der Waals surface area (Å²) in [6.45, 7) is 3.81. The molecule has 0 radical (unpaired) electrons. The molecule has 0 saturated carbocycles. The Morgan fingerprint density at radius 3 is 2.94 bits per heavy atom. The number of carbonyl (C=O) groups is 1. The number of nitrogens with one attached hydrogen (secondary N) is 1. The first-order valence-corrected chi connectivity index (χ1v) is 7.66. The van der Waals surface area contributed by atoms with E-state index in [0.717, 1.165) is 30.8 Å².